The molecule has 1 heterocycles. The Labute approximate surface area is 205 Å². The van der Waals surface area contributed by atoms with Crippen LogP contribution in [0.5, 0.6) is 0 Å². The largest absolute Gasteiger partial charge is 0.325 e. The number of nitrogens with one attached hydrogen (secondary N) is 1. The van der Waals surface area contributed by atoms with Crippen LogP contribution in [0.15, 0.2) is 87.5 Å². The third-order valence-corrected chi connectivity index (χ3v) is 6.88. The third-order valence-electron chi connectivity index (χ3n) is 4.70. The van der Waals surface area contributed by atoms with Crippen molar-refractivity contribution in [2.24, 2.45) is 0 Å². The zero-order chi connectivity index (χ0) is 23.4. The lowest BCUT2D eigenvalue weighted by atomic mass is 10.2. The fraction of sp³-hybridized carbons (Fsp3) is 0.0800. The topological polar surface area (TPSA) is 66.5 Å². The molecule has 0 aliphatic carbocycles. The number of carbonyl (C=O) groups excluding carboxylic acids is 3. The Morgan fingerprint density at radius 2 is 1.70 bits per heavy atom. The van der Waals surface area contributed by atoms with Gasteiger partial charge in [-0.05, 0) is 84.4 Å². The van der Waals surface area contributed by atoms with Crippen LogP contribution in [0, 0.1) is 6.92 Å². The minimum Gasteiger partial charge on any atom is -0.325 e. The number of hydrogen-bond donors (Lipinski definition) is 1. The summed E-state index contributed by atoms with van der Waals surface area (Å²) in [5.41, 5.74) is 2.42. The predicted molar refractivity (Wildman–Crippen MR) is 135 cm³/mol. The van der Waals surface area contributed by atoms with E-state index in [0.717, 1.165) is 37.6 Å². The predicted octanol–water partition coefficient (Wildman–Crippen LogP) is 6.47. The highest BCUT2D eigenvalue weighted by Gasteiger charge is 2.36. The zero-order valence-electron chi connectivity index (χ0n) is 17.6. The molecule has 0 aromatic heterocycles. The Balaban J connectivity index is 1.39. The number of nitrogens with zero attached hydrogens (tertiary/aromatic N) is 1. The van der Waals surface area contributed by atoms with Gasteiger partial charge in [0, 0.05) is 20.5 Å². The van der Waals surface area contributed by atoms with Crippen molar-refractivity contribution < 1.29 is 14.4 Å². The highest BCUT2D eigenvalue weighted by Crippen LogP contribution is 2.33. The fourth-order valence-electron chi connectivity index (χ4n) is 3.13. The second-order valence-electron chi connectivity index (χ2n) is 7.31. The molecule has 3 aromatic carbocycles. The van der Waals surface area contributed by atoms with Gasteiger partial charge in [-0.3, -0.25) is 19.3 Å². The summed E-state index contributed by atoms with van der Waals surface area (Å²) in [6.07, 6.45) is 1.67. The summed E-state index contributed by atoms with van der Waals surface area (Å²) < 4.78 is 0. The number of benzene rings is 3. The van der Waals surface area contributed by atoms with Crippen LogP contribution in [0.3, 0.4) is 0 Å². The van der Waals surface area contributed by atoms with Crippen LogP contribution in [-0.2, 0) is 9.59 Å². The molecule has 3 amide bonds. The standard InChI is InChI=1S/C25H19ClN2O3S2/c1-16-3-2-4-19(13-16)27-23(29)15-28-24(30)22(33-25(28)31)14-17-5-9-20(10-6-17)32-21-11-7-18(26)8-12-21/h2-14H,15H2,1H3,(H,27,29)/b22-14-. The van der Waals surface area contributed by atoms with E-state index in [-0.39, 0.29) is 6.54 Å². The molecule has 1 aliphatic heterocycles. The average molecular weight is 495 g/mol. The Morgan fingerprint density at radius 3 is 2.36 bits per heavy atom. The lowest BCUT2D eigenvalue weighted by Crippen LogP contribution is -2.36. The number of anilines is 1. The summed E-state index contributed by atoms with van der Waals surface area (Å²) in [5, 5.41) is 2.95. The molecule has 1 aliphatic rings. The van der Waals surface area contributed by atoms with E-state index in [9.17, 15) is 14.4 Å². The van der Waals surface area contributed by atoms with Gasteiger partial charge in [0.25, 0.3) is 11.1 Å². The Bertz CT molecular complexity index is 1240. The fourth-order valence-corrected chi connectivity index (χ4v) is 4.91. The van der Waals surface area contributed by atoms with Crippen molar-refractivity contribution in [1.82, 2.24) is 4.90 Å². The quantitative estimate of drug-likeness (QED) is 0.397. The van der Waals surface area contributed by atoms with Gasteiger partial charge < -0.3 is 5.32 Å². The normalized spacial score (nSPS) is 14.7. The molecule has 0 unspecified atom stereocenters. The number of imide groups is 1. The third kappa shape index (κ3) is 6.07. The molecule has 0 radical (unpaired) electrons. The first-order valence-corrected chi connectivity index (χ1v) is 12.0. The van der Waals surface area contributed by atoms with Gasteiger partial charge in [-0.25, -0.2) is 0 Å². The highest BCUT2D eigenvalue weighted by molar-refractivity contribution is 8.18. The molecule has 0 spiro atoms. The van der Waals surface area contributed by atoms with E-state index in [1.807, 2.05) is 73.7 Å². The smallest absolute Gasteiger partial charge is 0.294 e. The van der Waals surface area contributed by atoms with E-state index >= 15 is 0 Å². The summed E-state index contributed by atoms with van der Waals surface area (Å²) in [6, 6.07) is 22.6. The van der Waals surface area contributed by atoms with Gasteiger partial charge in [-0.2, -0.15) is 0 Å². The van der Waals surface area contributed by atoms with Crippen molar-refractivity contribution in [3.05, 3.63) is 93.9 Å². The van der Waals surface area contributed by atoms with Crippen molar-refractivity contribution in [2.75, 3.05) is 11.9 Å². The number of amides is 3. The SMILES string of the molecule is Cc1cccc(NC(=O)CN2C(=O)S/C(=C\c3ccc(Sc4ccc(Cl)cc4)cc3)C2=O)c1. The van der Waals surface area contributed by atoms with Crippen LogP contribution in [0.4, 0.5) is 10.5 Å². The summed E-state index contributed by atoms with van der Waals surface area (Å²) in [4.78, 5) is 40.8. The van der Waals surface area contributed by atoms with Crippen molar-refractivity contribution >= 4 is 63.9 Å². The molecule has 3 aromatic rings. The van der Waals surface area contributed by atoms with Crippen LogP contribution < -0.4 is 5.32 Å². The molecule has 33 heavy (non-hydrogen) atoms. The lowest BCUT2D eigenvalue weighted by molar-refractivity contribution is -0.127. The molecule has 1 fully saturated rings. The van der Waals surface area contributed by atoms with Crippen LogP contribution in [0.2, 0.25) is 5.02 Å². The summed E-state index contributed by atoms with van der Waals surface area (Å²) in [6.45, 7) is 1.59. The number of hydrogen-bond acceptors (Lipinski definition) is 5. The maximum Gasteiger partial charge on any atom is 0.294 e. The second kappa shape index (κ2) is 10.3. The van der Waals surface area contributed by atoms with Crippen LogP contribution in [-0.4, -0.2) is 28.5 Å². The van der Waals surface area contributed by atoms with Crippen LogP contribution in [0.1, 0.15) is 11.1 Å². The van der Waals surface area contributed by atoms with Crippen LogP contribution >= 0.6 is 35.1 Å². The Kier molecular flexibility index (Phi) is 7.23. The van der Waals surface area contributed by atoms with Gasteiger partial charge in [-0.15, -0.1) is 0 Å². The van der Waals surface area contributed by atoms with E-state index < -0.39 is 17.1 Å². The van der Waals surface area contributed by atoms with Crippen molar-refractivity contribution in [3.63, 3.8) is 0 Å². The van der Waals surface area contributed by atoms with Gasteiger partial charge in [-0.1, -0.05) is 47.6 Å². The van der Waals surface area contributed by atoms with Gasteiger partial charge in [0.05, 0.1) is 4.91 Å². The number of thioether (sulfide) groups is 1. The molecular weight excluding hydrogens is 476 g/mol. The molecule has 1 N–H and O–H groups in total. The summed E-state index contributed by atoms with van der Waals surface area (Å²) >= 11 is 8.36. The zero-order valence-corrected chi connectivity index (χ0v) is 20.0. The molecule has 4 rings (SSSR count). The molecular formula is C25H19ClN2O3S2. The first-order chi connectivity index (χ1) is 15.9. The molecule has 0 bridgehead atoms. The van der Waals surface area contributed by atoms with E-state index in [4.69, 9.17) is 11.6 Å². The maximum atomic E-state index is 12.7. The van der Waals surface area contributed by atoms with E-state index in [1.54, 1.807) is 23.9 Å². The molecule has 8 heteroatoms. The molecule has 0 atom stereocenters. The van der Waals surface area contributed by atoms with Crippen molar-refractivity contribution in [2.45, 2.75) is 16.7 Å². The summed E-state index contributed by atoms with van der Waals surface area (Å²) in [5.74, 6) is -0.892. The first kappa shape index (κ1) is 23.2. The van der Waals surface area contributed by atoms with Gasteiger partial charge >= 0.3 is 0 Å². The maximum absolute atomic E-state index is 12.7. The Morgan fingerprint density at radius 1 is 1.03 bits per heavy atom. The molecule has 166 valence electrons. The minimum absolute atomic E-state index is 0.293. The molecule has 5 nitrogen and oxygen atoms in total. The van der Waals surface area contributed by atoms with E-state index in [0.29, 0.717) is 15.6 Å². The number of aryl methyl sites for hydroxylation is 1. The lowest BCUT2D eigenvalue weighted by Gasteiger charge is -2.12. The number of halogens is 1. The number of rotatable bonds is 6. The van der Waals surface area contributed by atoms with E-state index in [1.165, 1.54) is 0 Å². The van der Waals surface area contributed by atoms with Gasteiger partial charge in [0.1, 0.15) is 6.54 Å². The van der Waals surface area contributed by atoms with Crippen molar-refractivity contribution in [1.29, 1.82) is 0 Å². The number of carbonyl (C=O) groups is 3. The van der Waals surface area contributed by atoms with Gasteiger partial charge in [0.15, 0.2) is 0 Å². The molecule has 0 saturated carbocycles. The summed E-state index contributed by atoms with van der Waals surface area (Å²) in [7, 11) is 0. The first-order valence-electron chi connectivity index (χ1n) is 10.0. The average Bonchev–Trinajstić information content (AvgIpc) is 3.04. The Hall–Kier alpha value is -3.00. The van der Waals surface area contributed by atoms with Gasteiger partial charge in [0.2, 0.25) is 5.91 Å². The molecule has 1 saturated heterocycles. The van der Waals surface area contributed by atoms with Crippen LogP contribution in [0.25, 0.3) is 6.08 Å². The minimum atomic E-state index is -0.469. The van der Waals surface area contributed by atoms with Crippen molar-refractivity contribution in [3.8, 4) is 0 Å². The monoisotopic (exact) mass is 494 g/mol. The highest BCUT2D eigenvalue weighted by atomic mass is 35.5. The second-order valence-corrected chi connectivity index (χ2v) is 9.89. The van der Waals surface area contributed by atoms with E-state index in [2.05, 4.69) is 5.32 Å².